The highest BCUT2D eigenvalue weighted by molar-refractivity contribution is 5.25. The molecule has 0 aromatic carbocycles. The van der Waals surface area contributed by atoms with Gasteiger partial charge in [-0.05, 0) is 12.8 Å². The molecular weight excluding hydrogens is 238 g/mol. The summed E-state index contributed by atoms with van der Waals surface area (Å²) in [7, 11) is 0. The van der Waals surface area contributed by atoms with E-state index in [0.717, 1.165) is 23.4 Å². The molecular formula is C14H28N5+. The first-order chi connectivity index (χ1) is 9.22. The van der Waals surface area contributed by atoms with Crippen molar-refractivity contribution in [1.82, 2.24) is 10.2 Å². The fourth-order valence-corrected chi connectivity index (χ4v) is 2.24. The molecule has 19 heavy (non-hydrogen) atoms. The average molecular weight is 266 g/mol. The standard InChI is InChI=1S/C14H28N5/c1-2-3-4-5-6-7-8-9-10-11-13-12-14(15)18-19(16)17-13/h12H,2-11H2,1H3,(H4,15,16,17,18)/q+1. The number of aryl methyl sites for hydroxylation is 1. The Hall–Kier alpha value is -1.39. The first-order valence-corrected chi connectivity index (χ1v) is 7.53. The maximum absolute atomic E-state index is 5.62. The lowest BCUT2D eigenvalue weighted by molar-refractivity contribution is -0.757. The van der Waals surface area contributed by atoms with E-state index in [2.05, 4.69) is 17.1 Å². The van der Waals surface area contributed by atoms with Crippen LogP contribution in [0, 0.1) is 0 Å². The summed E-state index contributed by atoms with van der Waals surface area (Å²) in [5, 5.41) is 7.89. The second-order valence-electron chi connectivity index (χ2n) is 5.16. The summed E-state index contributed by atoms with van der Waals surface area (Å²) in [5.41, 5.74) is 6.55. The third-order valence-electron chi connectivity index (χ3n) is 3.30. The molecule has 0 saturated carbocycles. The summed E-state index contributed by atoms with van der Waals surface area (Å²) in [5.74, 6) is 5.92. The van der Waals surface area contributed by atoms with Crippen LogP contribution in [0.2, 0.25) is 0 Å². The van der Waals surface area contributed by atoms with E-state index in [9.17, 15) is 0 Å². The summed E-state index contributed by atoms with van der Waals surface area (Å²) in [4.78, 5) is 1.05. The van der Waals surface area contributed by atoms with Crippen LogP contribution < -0.4 is 16.5 Å². The Kier molecular flexibility index (Phi) is 7.86. The van der Waals surface area contributed by atoms with Crippen LogP contribution in [0.1, 0.15) is 70.4 Å². The van der Waals surface area contributed by atoms with E-state index >= 15 is 0 Å². The van der Waals surface area contributed by atoms with Crippen molar-refractivity contribution in [2.24, 2.45) is 0 Å². The van der Waals surface area contributed by atoms with Crippen LogP contribution in [0.15, 0.2) is 6.07 Å². The van der Waals surface area contributed by atoms with Gasteiger partial charge in [0.05, 0.1) is 10.2 Å². The summed E-state index contributed by atoms with van der Waals surface area (Å²) in [6.07, 6.45) is 12.9. The summed E-state index contributed by atoms with van der Waals surface area (Å²) in [6, 6.07) is 1.80. The van der Waals surface area contributed by atoms with E-state index in [1.54, 1.807) is 6.07 Å². The van der Waals surface area contributed by atoms with Gasteiger partial charge < -0.3 is 5.73 Å². The Labute approximate surface area is 116 Å². The molecule has 1 aromatic rings. The topological polar surface area (TPSA) is 81.7 Å². The molecule has 0 fully saturated rings. The molecule has 0 radical (unpaired) electrons. The molecule has 4 N–H and O–H groups in total. The smallest absolute Gasteiger partial charge is 0.199 e. The molecule has 0 saturated heterocycles. The number of nitrogen functional groups attached to an aromatic ring is 2. The molecule has 1 rings (SSSR count). The van der Waals surface area contributed by atoms with Gasteiger partial charge in [0.1, 0.15) is 10.6 Å². The third-order valence-corrected chi connectivity index (χ3v) is 3.30. The van der Waals surface area contributed by atoms with Gasteiger partial charge in [-0.2, -0.15) is 5.84 Å². The van der Waals surface area contributed by atoms with Gasteiger partial charge in [-0.3, -0.25) is 0 Å². The monoisotopic (exact) mass is 266 g/mol. The molecule has 0 spiro atoms. The minimum Gasteiger partial charge on any atom is -0.379 e. The number of nitrogens with two attached hydrogens (primary N) is 2. The molecule has 5 heteroatoms. The van der Waals surface area contributed by atoms with Crippen LogP contribution >= 0.6 is 0 Å². The van der Waals surface area contributed by atoms with Crippen LogP contribution in [-0.4, -0.2) is 10.2 Å². The molecule has 5 nitrogen and oxygen atoms in total. The van der Waals surface area contributed by atoms with Gasteiger partial charge in [0.25, 0.3) is 0 Å². The van der Waals surface area contributed by atoms with Gasteiger partial charge in [-0.15, -0.1) is 0 Å². The van der Waals surface area contributed by atoms with E-state index < -0.39 is 0 Å². The van der Waals surface area contributed by atoms with Crippen molar-refractivity contribution in [3.05, 3.63) is 11.8 Å². The zero-order chi connectivity index (χ0) is 13.9. The highest BCUT2D eigenvalue weighted by Crippen LogP contribution is 2.11. The number of unbranched alkanes of at least 4 members (excludes halogenated alkanes) is 8. The van der Waals surface area contributed by atoms with Gasteiger partial charge >= 0.3 is 0 Å². The van der Waals surface area contributed by atoms with E-state index in [1.165, 1.54) is 51.4 Å². The summed E-state index contributed by atoms with van der Waals surface area (Å²) in [6.45, 7) is 2.25. The molecule has 0 amide bonds. The third kappa shape index (κ3) is 7.59. The van der Waals surface area contributed by atoms with Crippen LogP contribution in [-0.2, 0) is 6.42 Å². The van der Waals surface area contributed by atoms with Crippen molar-refractivity contribution in [3.63, 3.8) is 0 Å². The predicted octanol–water partition coefficient (Wildman–Crippen LogP) is 2.13. The summed E-state index contributed by atoms with van der Waals surface area (Å²) < 4.78 is 0. The van der Waals surface area contributed by atoms with Gasteiger partial charge in [0, 0.05) is 6.07 Å². The molecule has 0 aliphatic carbocycles. The summed E-state index contributed by atoms with van der Waals surface area (Å²) >= 11 is 0. The van der Waals surface area contributed by atoms with Gasteiger partial charge in [-0.1, -0.05) is 58.3 Å². The fraction of sp³-hybridized carbons (Fsp3) is 0.786. The quantitative estimate of drug-likeness (QED) is 0.386. The Balaban J connectivity index is 2.01. The van der Waals surface area contributed by atoms with E-state index in [4.69, 9.17) is 11.6 Å². The second kappa shape index (κ2) is 9.53. The zero-order valence-electron chi connectivity index (χ0n) is 12.1. The SMILES string of the molecule is CCCCCCCCCCCc1cc(N)n[n+](N)n1. The van der Waals surface area contributed by atoms with Gasteiger partial charge in [0.2, 0.25) is 0 Å². The molecule has 0 bridgehead atoms. The molecule has 1 aromatic heterocycles. The Bertz CT molecular complexity index is 333. The van der Waals surface area contributed by atoms with E-state index in [-0.39, 0.29) is 0 Å². The Morgan fingerprint density at radius 2 is 1.53 bits per heavy atom. The number of aromatic nitrogens is 3. The normalized spacial score (nSPS) is 10.8. The molecule has 0 unspecified atom stereocenters. The Morgan fingerprint density at radius 1 is 0.947 bits per heavy atom. The van der Waals surface area contributed by atoms with Crippen molar-refractivity contribution >= 4 is 5.82 Å². The molecule has 0 aliphatic heterocycles. The van der Waals surface area contributed by atoms with Crippen molar-refractivity contribution in [2.45, 2.75) is 71.1 Å². The number of anilines is 1. The van der Waals surface area contributed by atoms with Gasteiger partial charge in [-0.25, -0.2) is 0 Å². The van der Waals surface area contributed by atoms with E-state index in [1.807, 2.05) is 0 Å². The maximum atomic E-state index is 5.62. The molecule has 0 aliphatic rings. The predicted molar refractivity (Wildman–Crippen MR) is 77.7 cm³/mol. The van der Waals surface area contributed by atoms with Crippen molar-refractivity contribution < 1.29 is 4.91 Å². The molecule has 0 atom stereocenters. The molecule has 108 valence electrons. The highest BCUT2D eigenvalue weighted by atomic mass is 15.6. The maximum Gasteiger partial charge on any atom is 0.199 e. The lowest BCUT2D eigenvalue weighted by atomic mass is 10.1. The van der Waals surface area contributed by atoms with Crippen LogP contribution in [0.25, 0.3) is 0 Å². The molecule has 1 heterocycles. The van der Waals surface area contributed by atoms with Crippen LogP contribution in [0.4, 0.5) is 5.82 Å². The van der Waals surface area contributed by atoms with Gasteiger partial charge in [0.15, 0.2) is 5.82 Å². The van der Waals surface area contributed by atoms with Crippen molar-refractivity contribution in [2.75, 3.05) is 11.6 Å². The van der Waals surface area contributed by atoms with Crippen molar-refractivity contribution in [3.8, 4) is 0 Å². The zero-order valence-corrected chi connectivity index (χ0v) is 12.1. The number of hydrogen-bond acceptors (Lipinski definition) is 4. The first kappa shape index (κ1) is 15.7. The Morgan fingerprint density at radius 3 is 2.11 bits per heavy atom. The van der Waals surface area contributed by atoms with Crippen LogP contribution in [0.3, 0.4) is 0 Å². The second-order valence-corrected chi connectivity index (χ2v) is 5.16. The minimum atomic E-state index is 0.434. The van der Waals surface area contributed by atoms with E-state index in [0.29, 0.717) is 5.82 Å². The fourth-order valence-electron chi connectivity index (χ4n) is 2.24. The number of hydrogen-bond donors (Lipinski definition) is 2. The number of rotatable bonds is 10. The lowest BCUT2D eigenvalue weighted by Crippen LogP contribution is -2.52. The first-order valence-electron chi connectivity index (χ1n) is 7.53. The highest BCUT2D eigenvalue weighted by Gasteiger charge is 2.06. The number of nitrogens with zero attached hydrogens (tertiary/aromatic N) is 3. The lowest BCUT2D eigenvalue weighted by Gasteiger charge is -2.01. The van der Waals surface area contributed by atoms with Crippen molar-refractivity contribution in [1.29, 1.82) is 0 Å². The average Bonchev–Trinajstić information content (AvgIpc) is 2.36. The van der Waals surface area contributed by atoms with Crippen LogP contribution in [0.5, 0.6) is 0 Å². The minimum absolute atomic E-state index is 0.434. The largest absolute Gasteiger partial charge is 0.379 e.